The van der Waals surface area contributed by atoms with Crippen LogP contribution in [0, 0.1) is 6.92 Å². The van der Waals surface area contributed by atoms with E-state index in [-0.39, 0.29) is 6.42 Å². The summed E-state index contributed by atoms with van der Waals surface area (Å²) < 4.78 is 5.85. The summed E-state index contributed by atoms with van der Waals surface area (Å²) in [6.45, 7) is 3.28. The average molecular weight is 460 g/mol. The molecule has 34 heavy (non-hydrogen) atoms. The molecule has 1 aromatic heterocycles. The van der Waals surface area contributed by atoms with Crippen molar-refractivity contribution in [3.63, 3.8) is 0 Å². The van der Waals surface area contributed by atoms with E-state index in [9.17, 15) is 14.7 Å². The first-order chi connectivity index (χ1) is 16.5. The van der Waals surface area contributed by atoms with Crippen molar-refractivity contribution in [2.45, 2.75) is 38.6 Å². The van der Waals surface area contributed by atoms with Crippen molar-refractivity contribution in [1.82, 2.24) is 10.3 Å². The predicted octanol–water partition coefficient (Wildman–Crippen LogP) is 3.80. The Morgan fingerprint density at radius 1 is 1.12 bits per heavy atom. The summed E-state index contributed by atoms with van der Waals surface area (Å²) in [5, 5.41) is 15.6. The first kappa shape index (κ1) is 23.3. The number of carbonyl (C=O) groups excluding carboxylic acids is 1. The number of nitrogens with zero attached hydrogens (tertiary/aromatic N) is 1. The van der Waals surface area contributed by atoms with Crippen molar-refractivity contribution < 1.29 is 19.4 Å². The van der Waals surface area contributed by atoms with Crippen LogP contribution in [-0.2, 0) is 24.1 Å². The number of ether oxygens (including phenoxy) is 1. The van der Waals surface area contributed by atoms with Crippen LogP contribution in [0.5, 0.6) is 5.75 Å². The van der Waals surface area contributed by atoms with Crippen LogP contribution in [0.25, 0.3) is 0 Å². The lowest BCUT2D eigenvalue weighted by atomic mass is 10.0. The molecule has 0 radical (unpaired) electrons. The highest BCUT2D eigenvalue weighted by Crippen LogP contribution is 2.20. The molecule has 0 spiro atoms. The summed E-state index contributed by atoms with van der Waals surface area (Å²) in [5.41, 5.74) is 4.32. The van der Waals surface area contributed by atoms with Gasteiger partial charge in [0.15, 0.2) is 0 Å². The van der Waals surface area contributed by atoms with E-state index in [1.54, 1.807) is 12.1 Å². The zero-order chi connectivity index (χ0) is 23.9. The van der Waals surface area contributed by atoms with Crippen LogP contribution in [-0.4, -0.2) is 41.2 Å². The minimum Gasteiger partial charge on any atom is -0.493 e. The summed E-state index contributed by atoms with van der Waals surface area (Å²) in [4.78, 5) is 29.0. The highest BCUT2D eigenvalue weighted by atomic mass is 16.5. The number of rotatable bonds is 9. The third-order valence-electron chi connectivity index (χ3n) is 5.94. The molecule has 1 atom stereocenters. The van der Waals surface area contributed by atoms with E-state index in [2.05, 4.69) is 27.8 Å². The Hall–Kier alpha value is -3.87. The number of amides is 1. The van der Waals surface area contributed by atoms with E-state index in [4.69, 9.17) is 4.74 Å². The van der Waals surface area contributed by atoms with E-state index in [0.29, 0.717) is 24.3 Å². The number of fused-ring (bicyclic) bond motifs is 1. The van der Waals surface area contributed by atoms with Crippen molar-refractivity contribution in [3.05, 3.63) is 88.6 Å². The van der Waals surface area contributed by atoms with Crippen LogP contribution < -0.4 is 15.4 Å². The SMILES string of the molecule is Cc1ccccc1C(=O)N[C@@H](Cc1ccc(OCCc2ccc3c(n2)NCCC3)cc1)C(=O)O. The van der Waals surface area contributed by atoms with Gasteiger partial charge in [-0.1, -0.05) is 36.4 Å². The molecular weight excluding hydrogens is 430 g/mol. The van der Waals surface area contributed by atoms with Crippen LogP contribution in [0.2, 0.25) is 0 Å². The molecule has 0 saturated heterocycles. The maximum Gasteiger partial charge on any atom is 0.326 e. The Morgan fingerprint density at radius 2 is 1.91 bits per heavy atom. The first-order valence-electron chi connectivity index (χ1n) is 11.5. The van der Waals surface area contributed by atoms with Crippen molar-refractivity contribution in [3.8, 4) is 5.75 Å². The maximum atomic E-state index is 12.5. The third-order valence-corrected chi connectivity index (χ3v) is 5.94. The highest BCUT2D eigenvalue weighted by molar-refractivity contribution is 5.97. The number of carboxylic acid groups (broad SMARTS) is 1. The van der Waals surface area contributed by atoms with Crippen molar-refractivity contribution >= 4 is 17.7 Å². The molecule has 2 aromatic carbocycles. The second-order valence-corrected chi connectivity index (χ2v) is 8.47. The Balaban J connectivity index is 1.30. The van der Waals surface area contributed by atoms with Gasteiger partial charge in [0, 0.05) is 30.6 Å². The van der Waals surface area contributed by atoms with Gasteiger partial charge in [-0.2, -0.15) is 0 Å². The Bertz CT molecular complexity index is 1160. The zero-order valence-electron chi connectivity index (χ0n) is 19.2. The molecule has 0 saturated carbocycles. The molecule has 1 aliphatic heterocycles. The fourth-order valence-corrected chi connectivity index (χ4v) is 4.00. The lowest BCUT2D eigenvalue weighted by Gasteiger charge is -2.17. The minimum absolute atomic E-state index is 0.180. The molecule has 7 heteroatoms. The summed E-state index contributed by atoms with van der Waals surface area (Å²) >= 11 is 0. The highest BCUT2D eigenvalue weighted by Gasteiger charge is 2.22. The van der Waals surface area contributed by atoms with Gasteiger partial charge in [-0.15, -0.1) is 0 Å². The molecule has 1 aliphatic rings. The lowest BCUT2D eigenvalue weighted by Crippen LogP contribution is -2.42. The average Bonchev–Trinajstić information content (AvgIpc) is 2.84. The molecule has 0 unspecified atom stereocenters. The number of hydrogen-bond acceptors (Lipinski definition) is 5. The van der Waals surface area contributed by atoms with Crippen LogP contribution in [0.3, 0.4) is 0 Å². The number of aromatic nitrogens is 1. The van der Waals surface area contributed by atoms with Gasteiger partial charge in [0.2, 0.25) is 0 Å². The van der Waals surface area contributed by atoms with E-state index >= 15 is 0 Å². The van der Waals surface area contributed by atoms with Gasteiger partial charge in [-0.05, 0) is 60.7 Å². The third kappa shape index (κ3) is 5.92. The fourth-order valence-electron chi connectivity index (χ4n) is 4.00. The van der Waals surface area contributed by atoms with Crippen LogP contribution >= 0.6 is 0 Å². The lowest BCUT2D eigenvalue weighted by molar-refractivity contribution is -0.139. The molecule has 0 aliphatic carbocycles. The number of pyridine rings is 1. The predicted molar refractivity (Wildman–Crippen MR) is 130 cm³/mol. The molecule has 3 aromatic rings. The Kier molecular flexibility index (Phi) is 7.42. The van der Waals surface area contributed by atoms with E-state index in [1.165, 1.54) is 5.56 Å². The topological polar surface area (TPSA) is 101 Å². The molecule has 4 rings (SSSR count). The van der Waals surface area contributed by atoms with Crippen molar-refractivity contribution in [2.24, 2.45) is 0 Å². The number of aliphatic carboxylic acids is 1. The van der Waals surface area contributed by atoms with E-state index < -0.39 is 17.9 Å². The van der Waals surface area contributed by atoms with Gasteiger partial charge in [-0.25, -0.2) is 9.78 Å². The number of benzene rings is 2. The van der Waals surface area contributed by atoms with Gasteiger partial charge in [-0.3, -0.25) is 4.79 Å². The number of nitrogens with one attached hydrogen (secondary N) is 2. The van der Waals surface area contributed by atoms with E-state index in [0.717, 1.165) is 42.0 Å². The number of carbonyl (C=O) groups is 2. The number of aryl methyl sites for hydroxylation is 2. The molecule has 1 amide bonds. The standard InChI is InChI=1S/C27H29N3O4/c1-18-5-2-3-7-23(18)26(31)30-24(27(32)33)17-19-8-12-22(13-9-19)34-16-14-21-11-10-20-6-4-15-28-25(20)29-21/h2-3,5,7-13,24H,4,6,14-17H2,1H3,(H,28,29)(H,30,31)(H,32,33)/t24-/m0/s1. The largest absolute Gasteiger partial charge is 0.493 e. The molecule has 3 N–H and O–H groups in total. The maximum absolute atomic E-state index is 12.5. The zero-order valence-corrected chi connectivity index (χ0v) is 19.2. The normalized spacial score (nSPS) is 13.3. The van der Waals surface area contributed by atoms with Gasteiger partial charge >= 0.3 is 5.97 Å². The molecule has 2 heterocycles. The second-order valence-electron chi connectivity index (χ2n) is 8.47. The summed E-state index contributed by atoms with van der Waals surface area (Å²) in [5.74, 6) is 0.219. The molecule has 7 nitrogen and oxygen atoms in total. The van der Waals surface area contributed by atoms with Gasteiger partial charge < -0.3 is 20.5 Å². The summed E-state index contributed by atoms with van der Waals surface area (Å²) in [7, 11) is 0. The Morgan fingerprint density at radius 3 is 2.68 bits per heavy atom. The van der Waals surface area contributed by atoms with Gasteiger partial charge in [0.05, 0.1) is 6.61 Å². The summed E-state index contributed by atoms with van der Waals surface area (Å²) in [6, 6.07) is 17.6. The molecule has 176 valence electrons. The minimum atomic E-state index is -1.07. The number of carboxylic acids is 1. The smallest absolute Gasteiger partial charge is 0.326 e. The number of hydrogen-bond donors (Lipinski definition) is 3. The second kappa shape index (κ2) is 10.8. The number of anilines is 1. The van der Waals surface area contributed by atoms with Crippen LogP contribution in [0.1, 0.15) is 39.2 Å². The van der Waals surface area contributed by atoms with Crippen LogP contribution in [0.15, 0.2) is 60.7 Å². The van der Waals surface area contributed by atoms with Crippen LogP contribution in [0.4, 0.5) is 5.82 Å². The van der Waals surface area contributed by atoms with Crippen molar-refractivity contribution in [2.75, 3.05) is 18.5 Å². The molecule has 0 bridgehead atoms. The van der Waals surface area contributed by atoms with Gasteiger partial charge in [0.1, 0.15) is 17.6 Å². The first-order valence-corrected chi connectivity index (χ1v) is 11.5. The van der Waals surface area contributed by atoms with Crippen molar-refractivity contribution in [1.29, 1.82) is 0 Å². The quantitative estimate of drug-likeness (QED) is 0.450. The molecular formula is C27H29N3O4. The van der Waals surface area contributed by atoms with Gasteiger partial charge in [0.25, 0.3) is 5.91 Å². The monoisotopic (exact) mass is 459 g/mol. The van der Waals surface area contributed by atoms with E-state index in [1.807, 2.05) is 43.3 Å². The summed E-state index contributed by atoms with van der Waals surface area (Å²) in [6.07, 6.45) is 3.08. The Labute approximate surface area is 199 Å². The fraction of sp³-hybridized carbons (Fsp3) is 0.296. The molecule has 0 fully saturated rings.